The maximum Gasteiger partial charge on any atom is 0.128 e. The van der Waals surface area contributed by atoms with Crippen molar-refractivity contribution in [3.63, 3.8) is 0 Å². The number of hydrogen-bond donors (Lipinski definition) is 1. The van der Waals surface area contributed by atoms with Gasteiger partial charge in [-0.15, -0.1) is 0 Å². The zero-order valence-electron chi connectivity index (χ0n) is 11.4. The second-order valence-electron chi connectivity index (χ2n) is 4.45. The van der Waals surface area contributed by atoms with E-state index >= 15 is 0 Å². The van der Waals surface area contributed by atoms with Crippen LogP contribution in [0.5, 0.6) is 0 Å². The predicted molar refractivity (Wildman–Crippen MR) is 71.9 cm³/mol. The molecule has 0 aromatic heterocycles. The first kappa shape index (κ1) is 15.1. The minimum Gasteiger partial charge on any atom is -0.383 e. The van der Waals surface area contributed by atoms with Crippen LogP contribution in [0.25, 0.3) is 0 Å². The topological polar surface area (TPSA) is 38.5 Å². The van der Waals surface area contributed by atoms with Crippen LogP contribution in [0.4, 0.5) is 4.39 Å². The van der Waals surface area contributed by atoms with Crippen molar-refractivity contribution in [3.8, 4) is 0 Å². The van der Waals surface area contributed by atoms with E-state index in [1.807, 2.05) is 19.9 Å². The number of benzene rings is 1. The molecule has 0 aliphatic heterocycles. The third-order valence-electron chi connectivity index (χ3n) is 3.10. The van der Waals surface area contributed by atoms with Crippen molar-refractivity contribution < 1.29 is 9.13 Å². The molecular formula is C14H23FN2O. The lowest BCUT2D eigenvalue weighted by Gasteiger charge is -2.33. The molecule has 2 atom stereocenters. The quantitative estimate of drug-likeness (QED) is 0.810. The van der Waals surface area contributed by atoms with E-state index in [9.17, 15) is 4.39 Å². The third kappa shape index (κ3) is 3.77. The Hall–Kier alpha value is -0.970. The monoisotopic (exact) mass is 254 g/mol. The Morgan fingerprint density at radius 1 is 1.39 bits per heavy atom. The molecule has 0 saturated carbocycles. The number of likely N-dealkylation sites (N-methyl/N-ethyl adjacent to an activating group) is 1. The molecule has 1 aromatic carbocycles. The maximum absolute atomic E-state index is 13.9. The second-order valence-corrected chi connectivity index (χ2v) is 4.45. The van der Waals surface area contributed by atoms with Crippen molar-refractivity contribution in [3.05, 3.63) is 35.6 Å². The van der Waals surface area contributed by atoms with Gasteiger partial charge in [0.15, 0.2) is 0 Å². The standard InChI is InChI=1S/C14H23FN2O/c1-4-17(9-10-18-3)14(11(2)16)12-7-5-6-8-13(12)15/h5-8,11,14H,4,9-10,16H2,1-3H3. The summed E-state index contributed by atoms with van der Waals surface area (Å²) in [6, 6.07) is 6.57. The summed E-state index contributed by atoms with van der Waals surface area (Å²) in [5, 5.41) is 0. The highest BCUT2D eigenvalue weighted by molar-refractivity contribution is 5.22. The van der Waals surface area contributed by atoms with Gasteiger partial charge in [0.05, 0.1) is 12.6 Å². The van der Waals surface area contributed by atoms with E-state index in [-0.39, 0.29) is 17.9 Å². The van der Waals surface area contributed by atoms with Gasteiger partial charge < -0.3 is 10.5 Å². The summed E-state index contributed by atoms with van der Waals surface area (Å²) >= 11 is 0. The Morgan fingerprint density at radius 3 is 2.56 bits per heavy atom. The number of hydrogen-bond acceptors (Lipinski definition) is 3. The molecule has 3 nitrogen and oxygen atoms in total. The van der Waals surface area contributed by atoms with Crippen molar-refractivity contribution in [1.82, 2.24) is 4.90 Å². The van der Waals surface area contributed by atoms with Crippen LogP contribution < -0.4 is 5.73 Å². The lowest BCUT2D eigenvalue weighted by molar-refractivity contribution is 0.113. The Morgan fingerprint density at radius 2 is 2.06 bits per heavy atom. The number of ether oxygens (including phenoxy) is 1. The van der Waals surface area contributed by atoms with Crippen LogP contribution >= 0.6 is 0 Å². The first-order valence-corrected chi connectivity index (χ1v) is 6.34. The molecule has 18 heavy (non-hydrogen) atoms. The zero-order valence-corrected chi connectivity index (χ0v) is 11.4. The minimum absolute atomic E-state index is 0.119. The molecule has 1 aromatic rings. The van der Waals surface area contributed by atoms with Gasteiger partial charge in [0.25, 0.3) is 0 Å². The molecule has 0 fully saturated rings. The van der Waals surface area contributed by atoms with Crippen molar-refractivity contribution in [2.45, 2.75) is 25.9 Å². The summed E-state index contributed by atoms with van der Waals surface area (Å²) in [5.74, 6) is -0.198. The molecule has 0 bridgehead atoms. The third-order valence-corrected chi connectivity index (χ3v) is 3.10. The molecule has 102 valence electrons. The molecular weight excluding hydrogens is 231 g/mol. The molecule has 0 saturated heterocycles. The van der Waals surface area contributed by atoms with E-state index in [4.69, 9.17) is 10.5 Å². The second kappa shape index (κ2) is 7.46. The van der Waals surface area contributed by atoms with Crippen LogP contribution in [0.15, 0.2) is 24.3 Å². The highest BCUT2D eigenvalue weighted by atomic mass is 19.1. The molecule has 2 unspecified atom stereocenters. The normalized spacial score (nSPS) is 14.8. The fourth-order valence-corrected chi connectivity index (χ4v) is 2.23. The first-order chi connectivity index (χ1) is 8.61. The molecule has 2 N–H and O–H groups in total. The molecule has 4 heteroatoms. The number of halogens is 1. The van der Waals surface area contributed by atoms with Crippen LogP contribution in [0.3, 0.4) is 0 Å². The Kier molecular flexibility index (Phi) is 6.25. The number of methoxy groups -OCH3 is 1. The van der Waals surface area contributed by atoms with Gasteiger partial charge in [-0.2, -0.15) is 0 Å². The summed E-state index contributed by atoms with van der Waals surface area (Å²) < 4.78 is 19.0. The van der Waals surface area contributed by atoms with E-state index in [2.05, 4.69) is 4.90 Å². The minimum atomic E-state index is -0.198. The Bertz CT molecular complexity index is 357. The molecule has 0 aliphatic carbocycles. The lowest BCUT2D eigenvalue weighted by atomic mass is 9.98. The summed E-state index contributed by atoms with van der Waals surface area (Å²) in [5.41, 5.74) is 6.69. The maximum atomic E-state index is 13.9. The number of rotatable bonds is 7. The van der Waals surface area contributed by atoms with Gasteiger partial charge in [-0.05, 0) is 19.5 Å². The number of nitrogens with zero attached hydrogens (tertiary/aromatic N) is 1. The highest BCUT2D eigenvalue weighted by Crippen LogP contribution is 2.25. The molecule has 0 spiro atoms. The van der Waals surface area contributed by atoms with E-state index < -0.39 is 0 Å². The molecule has 1 rings (SSSR count). The fraction of sp³-hybridized carbons (Fsp3) is 0.571. The zero-order chi connectivity index (χ0) is 13.5. The average molecular weight is 254 g/mol. The van der Waals surface area contributed by atoms with Gasteiger partial charge in [-0.1, -0.05) is 25.1 Å². The highest BCUT2D eigenvalue weighted by Gasteiger charge is 2.25. The summed E-state index contributed by atoms with van der Waals surface area (Å²) in [4.78, 5) is 2.15. The van der Waals surface area contributed by atoms with Crippen molar-refractivity contribution in [2.75, 3.05) is 26.8 Å². The van der Waals surface area contributed by atoms with Crippen molar-refractivity contribution in [1.29, 1.82) is 0 Å². The molecule has 0 aliphatic rings. The van der Waals surface area contributed by atoms with Crippen molar-refractivity contribution in [2.24, 2.45) is 5.73 Å². The van der Waals surface area contributed by atoms with E-state index in [0.29, 0.717) is 12.2 Å². The lowest BCUT2D eigenvalue weighted by Crippen LogP contribution is -2.41. The van der Waals surface area contributed by atoms with E-state index in [1.54, 1.807) is 19.2 Å². The van der Waals surface area contributed by atoms with E-state index in [1.165, 1.54) is 6.07 Å². The van der Waals surface area contributed by atoms with Crippen LogP contribution in [-0.2, 0) is 4.74 Å². The van der Waals surface area contributed by atoms with Gasteiger partial charge >= 0.3 is 0 Å². The predicted octanol–water partition coefficient (Wildman–Crippen LogP) is 2.18. The van der Waals surface area contributed by atoms with Gasteiger partial charge in [0.1, 0.15) is 5.82 Å². The smallest absolute Gasteiger partial charge is 0.128 e. The molecule has 0 radical (unpaired) electrons. The van der Waals surface area contributed by atoms with Crippen LogP contribution in [0.1, 0.15) is 25.5 Å². The SMILES string of the molecule is CCN(CCOC)C(c1ccccc1F)C(C)N. The average Bonchev–Trinajstić information content (AvgIpc) is 2.35. The van der Waals surface area contributed by atoms with Crippen LogP contribution in [0.2, 0.25) is 0 Å². The van der Waals surface area contributed by atoms with Crippen molar-refractivity contribution >= 4 is 0 Å². The Balaban J connectivity index is 2.97. The van der Waals surface area contributed by atoms with Gasteiger partial charge in [-0.25, -0.2) is 4.39 Å². The Labute approximate surface area is 109 Å². The van der Waals surface area contributed by atoms with E-state index in [0.717, 1.165) is 13.1 Å². The summed E-state index contributed by atoms with van der Waals surface area (Å²) in [6.45, 7) is 6.13. The largest absolute Gasteiger partial charge is 0.383 e. The van der Waals surface area contributed by atoms with Gasteiger partial charge in [-0.3, -0.25) is 4.90 Å². The fourth-order valence-electron chi connectivity index (χ4n) is 2.23. The van der Waals surface area contributed by atoms with Crippen LogP contribution in [-0.4, -0.2) is 37.7 Å². The van der Waals surface area contributed by atoms with Gasteiger partial charge in [0, 0.05) is 25.3 Å². The molecule has 0 heterocycles. The van der Waals surface area contributed by atoms with Crippen LogP contribution in [0, 0.1) is 5.82 Å². The summed E-state index contributed by atoms with van der Waals surface area (Å²) in [6.07, 6.45) is 0. The number of nitrogens with two attached hydrogens (primary N) is 1. The summed E-state index contributed by atoms with van der Waals surface area (Å²) in [7, 11) is 1.66. The molecule has 0 amide bonds. The first-order valence-electron chi connectivity index (χ1n) is 6.34. The van der Waals surface area contributed by atoms with Gasteiger partial charge in [0.2, 0.25) is 0 Å².